The lowest BCUT2D eigenvalue weighted by Gasteiger charge is -2.49. The minimum absolute atomic E-state index is 0.0364. The first kappa shape index (κ1) is 22.4. The van der Waals surface area contributed by atoms with Gasteiger partial charge in [-0.3, -0.25) is 19.5 Å². The van der Waals surface area contributed by atoms with Gasteiger partial charge in [0.15, 0.2) is 5.13 Å². The number of carbonyl (C=O) groups excluding carboxylic acids is 2. The highest BCUT2D eigenvalue weighted by molar-refractivity contribution is 8.00. The van der Waals surface area contributed by atoms with Gasteiger partial charge in [0, 0.05) is 29.7 Å². The van der Waals surface area contributed by atoms with Gasteiger partial charge in [0.2, 0.25) is 11.5 Å². The molecule has 2 aromatic heterocycles. The van der Waals surface area contributed by atoms with E-state index in [4.69, 9.17) is 10.6 Å². The summed E-state index contributed by atoms with van der Waals surface area (Å²) in [7, 11) is 1.25. The van der Waals surface area contributed by atoms with Crippen LogP contribution < -0.4 is 11.1 Å². The first-order chi connectivity index (χ1) is 15.9. The number of pyridine rings is 1. The average molecular weight is 488 g/mol. The van der Waals surface area contributed by atoms with Crippen LogP contribution in [0, 0.1) is 0 Å². The molecule has 0 aromatic carbocycles. The number of oxime groups is 1. The SMILES string of the molecule is CON=C(C(=O)NC1C(=O)N2C(C(=O)O)=C(C=Cc3cccnc3)CS[C@@H]12)c1nsc(N)n1. The van der Waals surface area contributed by atoms with Crippen molar-refractivity contribution in [3.63, 3.8) is 0 Å². The van der Waals surface area contributed by atoms with Crippen LogP contribution in [0.3, 0.4) is 0 Å². The largest absolute Gasteiger partial charge is 0.477 e. The minimum atomic E-state index is -1.23. The number of thioether (sulfide) groups is 1. The number of rotatable bonds is 7. The van der Waals surface area contributed by atoms with Crippen molar-refractivity contribution in [1.29, 1.82) is 0 Å². The summed E-state index contributed by atoms with van der Waals surface area (Å²) in [6.07, 6.45) is 6.66. The van der Waals surface area contributed by atoms with Crippen LogP contribution in [0.4, 0.5) is 5.13 Å². The van der Waals surface area contributed by atoms with E-state index < -0.39 is 29.2 Å². The van der Waals surface area contributed by atoms with Gasteiger partial charge in [-0.1, -0.05) is 23.4 Å². The number of hydrogen-bond donors (Lipinski definition) is 3. The number of nitrogens with two attached hydrogens (primary N) is 1. The molecule has 2 aromatic rings. The number of aromatic nitrogens is 3. The van der Waals surface area contributed by atoms with Gasteiger partial charge >= 0.3 is 5.97 Å². The highest BCUT2D eigenvalue weighted by atomic mass is 32.2. The Labute approximate surface area is 195 Å². The Hall–Kier alpha value is -3.78. The number of nitrogens with one attached hydrogen (secondary N) is 1. The zero-order valence-corrected chi connectivity index (χ0v) is 18.7. The van der Waals surface area contributed by atoms with Crippen molar-refractivity contribution >= 4 is 58.0 Å². The Morgan fingerprint density at radius 1 is 1.42 bits per heavy atom. The number of anilines is 1. The maximum absolute atomic E-state index is 12.8. The normalized spacial score (nSPS) is 20.5. The van der Waals surface area contributed by atoms with Crippen LogP contribution in [0.1, 0.15) is 11.4 Å². The highest BCUT2D eigenvalue weighted by Gasteiger charge is 2.54. The van der Waals surface area contributed by atoms with E-state index in [0.29, 0.717) is 11.3 Å². The maximum Gasteiger partial charge on any atom is 0.352 e. The van der Waals surface area contributed by atoms with Crippen molar-refractivity contribution in [3.05, 3.63) is 53.3 Å². The third-order valence-corrected chi connectivity index (χ3v) is 6.54. The summed E-state index contributed by atoms with van der Waals surface area (Å²) in [5.41, 5.74) is 6.48. The molecule has 33 heavy (non-hydrogen) atoms. The van der Waals surface area contributed by atoms with Crippen LogP contribution in [-0.2, 0) is 19.2 Å². The average Bonchev–Trinajstić information content (AvgIpc) is 3.25. The number of nitrogen functional groups attached to an aromatic ring is 1. The standard InChI is InChI=1S/C19H17N7O5S2/c1-31-24-11(14-23-19(20)33-25-14)15(27)22-12-16(28)26-13(18(29)30)10(8-32-17(12)26)5-4-9-3-2-6-21-7-9/h2-7,12,17H,8H2,1H3,(H,22,27)(H,29,30)(H2,20,23,25)/t12?,17-/m0/s1. The molecule has 2 aliphatic rings. The monoisotopic (exact) mass is 487 g/mol. The van der Waals surface area contributed by atoms with E-state index in [0.717, 1.165) is 17.1 Å². The van der Waals surface area contributed by atoms with E-state index >= 15 is 0 Å². The summed E-state index contributed by atoms with van der Waals surface area (Å²) in [5, 5.41) is 15.5. The number of allylic oxidation sites excluding steroid dienone is 1. The summed E-state index contributed by atoms with van der Waals surface area (Å²) in [5.74, 6) is -2.22. The van der Waals surface area contributed by atoms with Crippen molar-refractivity contribution in [1.82, 2.24) is 24.6 Å². The van der Waals surface area contributed by atoms with Crippen LogP contribution in [0.2, 0.25) is 0 Å². The molecule has 0 radical (unpaired) electrons. The van der Waals surface area contributed by atoms with Crippen LogP contribution in [-0.4, -0.2) is 72.1 Å². The molecule has 0 spiro atoms. The summed E-state index contributed by atoms with van der Waals surface area (Å²) in [6, 6.07) is 2.65. The van der Waals surface area contributed by atoms with E-state index in [9.17, 15) is 19.5 Å². The molecule has 4 N–H and O–H groups in total. The molecule has 1 saturated heterocycles. The molecule has 1 unspecified atom stereocenters. The molecule has 2 aliphatic heterocycles. The van der Waals surface area contributed by atoms with E-state index in [1.807, 2.05) is 6.07 Å². The molecule has 0 aliphatic carbocycles. The third-order valence-electron chi connectivity index (χ3n) is 4.70. The van der Waals surface area contributed by atoms with Gasteiger partial charge < -0.3 is 21.0 Å². The maximum atomic E-state index is 12.8. The van der Waals surface area contributed by atoms with E-state index in [2.05, 4.69) is 24.8 Å². The van der Waals surface area contributed by atoms with E-state index in [1.54, 1.807) is 30.6 Å². The van der Waals surface area contributed by atoms with Gasteiger partial charge in [-0.2, -0.15) is 9.36 Å². The Balaban J connectivity index is 1.53. The van der Waals surface area contributed by atoms with Crippen molar-refractivity contribution in [2.45, 2.75) is 11.4 Å². The quantitative estimate of drug-likeness (QED) is 0.280. The summed E-state index contributed by atoms with van der Waals surface area (Å²) in [4.78, 5) is 51.3. The van der Waals surface area contributed by atoms with Gasteiger partial charge in [-0.25, -0.2) is 4.79 Å². The number of hydrogen-bond acceptors (Lipinski definition) is 11. The number of β-lactam (4-membered cyclic amide) rings is 1. The highest BCUT2D eigenvalue weighted by Crippen LogP contribution is 2.40. The molecule has 14 heteroatoms. The van der Waals surface area contributed by atoms with Crippen LogP contribution in [0.15, 0.2) is 47.0 Å². The number of fused-ring (bicyclic) bond motifs is 1. The Kier molecular flexibility index (Phi) is 6.37. The van der Waals surface area contributed by atoms with Gasteiger partial charge in [0.1, 0.15) is 24.2 Å². The molecule has 4 rings (SSSR count). The fourth-order valence-electron chi connectivity index (χ4n) is 3.26. The molecule has 1 fully saturated rings. The summed E-state index contributed by atoms with van der Waals surface area (Å²) >= 11 is 2.22. The second-order valence-electron chi connectivity index (χ2n) is 6.74. The third kappa shape index (κ3) is 4.42. The number of carboxylic acids is 1. The predicted octanol–water partition coefficient (Wildman–Crippen LogP) is 0.318. The lowest BCUT2D eigenvalue weighted by Crippen LogP contribution is -2.71. The molecule has 170 valence electrons. The van der Waals surface area contributed by atoms with Gasteiger partial charge in [-0.15, -0.1) is 11.8 Å². The van der Waals surface area contributed by atoms with Crippen LogP contribution >= 0.6 is 23.3 Å². The number of amides is 2. The zero-order valence-electron chi connectivity index (χ0n) is 17.0. The van der Waals surface area contributed by atoms with Crippen LogP contribution in [0.25, 0.3) is 6.08 Å². The van der Waals surface area contributed by atoms with Crippen molar-refractivity contribution in [2.75, 3.05) is 18.6 Å². The first-order valence-electron chi connectivity index (χ1n) is 9.41. The smallest absolute Gasteiger partial charge is 0.352 e. The summed E-state index contributed by atoms with van der Waals surface area (Å²) in [6.45, 7) is 0. The molecule has 0 saturated carbocycles. The molecule has 12 nitrogen and oxygen atoms in total. The first-order valence-corrected chi connectivity index (χ1v) is 11.2. The van der Waals surface area contributed by atoms with E-state index in [1.165, 1.54) is 23.8 Å². The molecular weight excluding hydrogens is 470 g/mol. The number of nitrogens with zero attached hydrogens (tertiary/aromatic N) is 5. The Morgan fingerprint density at radius 2 is 2.24 bits per heavy atom. The lowest BCUT2D eigenvalue weighted by molar-refractivity contribution is -0.150. The minimum Gasteiger partial charge on any atom is -0.477 e. The molecule has 4 heterocycles. The topological polar surface area (TPSA) is 173 Å². The fourth-order valence-corrected chi connectivity index (χ4v) is 5.01. The van der Waals surface area contributed by atoms with Crippen molar-refractivity contribution in [2.24, 2.45) is 5.16 Å². The number of aliphatic carboxylic acids is 1. The second kappa shape index (κ2) is 9.38. The number of carboxylic acid groups (broad SMARTS) is 1. The van der Waals surface area contributed by atoms with Gasteiger partial charge in [0.05, 0.1) is 0 Å². The fraction of sp³-hybridized carbons (Fsp3) is 0.211. The molecule has 0 bridgehead atoms. The molecule has 2 amide bonds. The Morgan fingerprint density at radius 3 is 2.88 bits per heavy atom. The second-order valence-corrected chi connectivity index (χ2v) is 8.63. The predicted molar refractivity (Wildman–Crippen MR) is 121 cm³/mol. The van der Waals surface area contributed by atoms with Gasteiger partial charge in [-0.05, 0) is 17.2 Å². The molecule has 2 atom stereocenters. The lowest BCUT2D eigenvalue weighted by atomic mass is 10.0. The van der Waals surface area contributed by atoms with Crippen molar-refractivity contribution in [3.8, 4) is 0 Å². The number of carbonyl (C=O) groups is 3. The Bertz CT molecular complexity index is 1190. The summed E-state index contributed by atoms with van der Waals surface area (Å²) < 4.78 is 3.93. The zero-order chi connectivity index (χ0) is 23.5. The molecular formula is C19H17N7O5S2. The van der Waals surface area contributed by atoms with Crippen molar-refractivity contribution < 1.29 is 24.3 Å². The van der Waals surface area contributed by atoms with Gasteiger partial charge in [0.25, 0.3) is 11.8 Å². The van der Waals surface area contributed by atoms with E-state index in [-0.39, 0.29) is 22.4 Å². The van der Waals surface area contributed by atoms with Crippen LogP contribution in [0.5, 0.6) is 0 Å².